The molecule has 9 nitrogen and oxygen atoms in total. The fraction of sp³-hybridized carbons (Fsp3) is 0.0625. The molecule has 27 heavy (non-hydrogen) atoms. The lowest BCUT2D eigenvalue weighted by Crippen LogP contribution is -2.47. The highest BCUT2D eigenvalue weighted by atomic mass is 35.5. The molecule has 2 aromatic rings. The zero-order chi connectivity index (χ0) is 19.6. The number of hydrogen-bond donors (Lipinski definition) is 2. The first-order valence-corrected chi connectivity index (χ1v) is 9.43. The number of carbonyl (C=O) groups is 1. The molecule has 0 radical (unpaired) electrons. The number of nitrogens with zero attached hydrogens (tertiary/aromatic N) is 2. The largest absolute Gasteiger partial charge is 0.350 e. The number of hydrogen-bond acceptors (Lipinski definition) is 6. The topological polar surface area (TPSA) is 122 Å². The van der Waals surface area contributed by atoms with Gasteiger partial charge in [-0.15, -0.1) is 0 Å². The molecule has 1 aliphatic heterocycles. The van der Waals surface area contributed by atoms with Gasteiger partial charge in [0.05, 0.1) is 16.0 Å². The molecular formula is C16H13ClN4O5S. The average molecular weight is 409 g/mol. The molecule has 140 valence electrons. The smallest absolute Gasteiger partial charge is 0.301 e. The van der Waals surface area contributed by atoms with Crippen molar-refractivity contribution >= 4 is 33.3 Å². The number of hydrazine groups is 1. The predicted octanol–water partition coefficient (Wildman–Crippen LogP) is 2.72. The lowest BCUT2D eigenvalue weighted by molar-refractivity contribution is -0.384. The van der Waals surface area contributed by atoms with Crippen LogP contribution >= 0.6 is 11.6 Å². The van der Waals surface area contributed by atoms with Crippen molar-refractivity contribution in [3.8, 4) is 0 Å². The molecule has 0 spiro atoms. The number of carbonyl (C=O) groups excluding carboxylic acids is 1. The molecule has 0 aliphatic carbocycles. The summed E-state index contributed by atoms with van der Waals surface area (Å²) in [6.45, 7) is 0. The molecular weight excluding hydrogens is 396 g/mol. The van der Waals surface area contributed by atoms with Gasteiger partial charge in [-0.1, -0.05) is 23.7 Å². The molecule has 3 rings (SSSR count). The van der Waals surface area contributed by atoms with Gasteiger partial charge in [0.2, 0.25) is 0 Å². The summed E-state index contributed by atoms with van der Waals surface area (Å²) in [5.41, 5.74) is 3.11. The van der Waals surface area contributed by atoms with Crippen LogP contribution in [0.25, 0.3) is 0 Å². The van der Waals surface area contributed by atoms with Crippen LogP contribution in [-0.4, -0.2) is 24.4 Å². The fourth-order valence-corrected chi connectivity index (χ4v) is 3.96. The molecule has 0 aromatic heterocycles. The minimum Gasteiger partial charge on any atom is -0.301 e. The Kier molecular flexibility index (Phi) is 5.02. The van der Waals surface area contributed by atoms with Crippen molar-refractivity contribution in [2.45, 2.75) is 10.9 Å². The molecule has 0 bridgehead atoms. The van der Waals surface area contributed by atoms with Crippen LogP contribution in [0.4, 0.5) is 10.5 Å². The number of benzene rings is 2. The maximum Gasteiger partial charge on any atom is 0.350 e. The number of rotatable bonds is 4. The Hall–Kier alpha value is -3.11. The predicted molar refractivity (Wildman–Crippen MR) is 97.1 cm³/mol. The summed E-state index contributed by atoms with van der Waals surface area (Å²) in [5, 5.41) is 11.8. The normalized spacial score (nSPS) is 16.0. The maximum absolute atomic E-state index is 12.5. The van der Waals surface area contributed by atoms with Crippen LogP contribution in [0.5, 0.6) is 0 Å². The fourth-order valence-electron chi connectivity index (χ4n) is 2.50. The van der Waals surface area contributed by atoms with Gasteiger partial charge in [0.1, 0.15) is 4.90 Å². The monoisotopic (exact) mass is 408 g/mol. The summed E-state index contributed by atoms with van der Waals surface area (Å²) in [7, 11) is -4.18. The lowest BCUT2D eigenvalue weighted by atomic mass is 10.1. The lowest BCUT2D eigenvalue weighted by Gasteiger charge is -2.24. The van der Waals surface area contributed by atoms with Crippen LogP contribution in [0.2, 0.25) is 5.02 Å². The van der Waals surface area contributed by atoms with Crippen molar-refractivity contribution in [3.05, 3.63) is 81.5 Å². The second-order valence-electron chi connectivity index (χ2n) is 5.49. The third kappa shape index (κ3) is 3.86. The van der Waals surface area contributed by atoms with Crippen LogP contribution in [0.3, 0.4) is 0 Å². The Labute approximate surface area is 159 Å². The van der Waals surface area contributed by atoms with Gasteiger partial charge in [0.15, 0.2) is 0 Å². The molecule has 0 saturated heterocycles. The SMILES string of the molecule is O=C(NS(=O)(=O)c1ccccc1Cl)N1NC=CC1c1ccc([N+](=O)[O-])cc1. The quantitative estimate of drug-likeness (QED) is 0.592. The van der Waals surface area contributed by atoms with E-state index in [-0.39, 0.29) is 15.6 Å². The second-order valence-corrected chi connectivity index (χ2v) is 7.55. The number of urea groups is 1. The van der Waals surface area contributed by atoms with Gasteiger partial charge in [0, 0.05) is 18.3 Å². The van der Waals surface area contributed by atoms with Crippen molar-refractivity contribution in [2.75, 3.05) is 0 Å². The molecule has 1 aliphatic rings. The van der Waals surface area contributed by atoms with Gasteiger partial charge < -0.3 is 5.43 Å². The summed E-state index contributed by atoms with van der Waals surface area (Å²) in [4.78, 5) is 22.5. The van der Waals surface area contributed by atoms with Crippen molar-refractivity contribution < 1.29 is 18.1 Å². The van der Waals surface area contributed by atoms with Crippen LogP contribution in [0.15, 0.2) is 65.7 Å². The van der Waals surface area contributed by atoms with Crippen molar-refractivity contribution in [3.63, 3.8) is 0 Å². The Morgan fingerprint density at radius 2 is 1.85 bits per heavy atom. The Morgan fingerprint density at radius 1 is 1.19 bits per heavy atom. The van der Waals surface area contributed by atoms with E-state index in [0.717, 1.165) is 5.01 Å². The van der Waals surface area contributed by atoms with E-state index in [0.29, 0.717) is 5.56 Å². The summed E-state index contributed by atoms with van der Waals surface area (Å²) in [5.74, 6) is 0. The van der Waals surface area contributed by atoms with Gasteiger partial charge in [-0.25, -0.2) is 22.9 Å². The first-order valence-electron chi connectivity index (χ1n) is 7.57. The van der Waals surface area contributed by atoms with Gasteiger partial charge in [-0.3, -0.25) is 10.1 Å². The number of non-ortho nitro benzene ring substituents is 1. The Bertz CT molecular complexity index is 1020. The van der Waals surface area contributed by atoms with Gasteiger partial charge in [-0.05, 0) is 35.9 Å². The maximum atomic E-state index is 12.5. The van der Waals surface area contributed by atoms with E-state index in [1.807, 2.05) is 4.72 Å². The van der Waals surface area contributed by atoms with Gasteiger partial charge in [0.25, 0.3) is 15.7 Å². The third-order valence-corrected chi connectivity index (χ3v) is 5.60. The Morgan fingerprint density at radius 3 is 2.48 bits per heavy atom. The van der Waals surface area contributed by atoms with E-state index >= 15 is 0 Å². The highest BCUT2D eigenvalue weighted by Gasteiger charge is 2.30. The Balaban J connectivity index is 1.80. The van der Waals surface area contributed by atoms with E-state index in [1.165, 1.54) is 48.7 Å². The zero-order valence-electron chi connectivity index (χ0n) is 13.6. The molecule has 2 amide bonds. The number of halogens is 1. The van der Waals surface area contributed by atoms with E-state index < -0.39 is 27.0 Å². The van der Waals surface area contributed by atoms with Crippen LogP contribution in [0.1, 0.15) is 11.6 Å². The van der Waals surface area contributed by atoms with Gasteiger partial charge >= 0.3 is 6.03 Å². The molecule has 11 heteroatoms. The first kappa shape index (κ1) is 18.7. The molecule has 1 unspecified atom stereocenters. The first-order chi connectivity index (χ1) is 12.8. The van der Waals surface area contributed by atoms with Gasteiger partial charge in [-0.2, -0.15) is 0 Å². The van der Waals surface area contributed by atoms with E-state index in [1.54, 1.807) is 12.1 Å². The summed E-state index contributed by atoms with van der Waals surface area (Å²) in [6.07, 6.45) is 3.08. The minimum atomic E-state index is -4.18. The number of sulfonamides is 1. The summed E-state index contributed by atoms with van der Waals surface area (Å²) >= 11 is 5.89. The summed E-state index contributed by atoms with van der Waals surface area (Å²) < 4.78 is 26.8. The number of nitro groups is 1. The molecule has 1 atom stereocenters. The van der Waals surface area contributed by atoms with E-state index in [9.17, 15) is 23.3 Å². The molecule has 2 aromatic carbocycles. The molecule has 2 N–H and O–H groups in total. The van der Waals surface area contributed by atoms with Crippen LogP contribution in [0, 0.1) is 10.1 Å². The highest BCUT2D eigenvalue weighted by molar-refractivity contribution is 7.90. The molecule has 1 heterocycles. The summed E-state index contributed by atoms with van der Waals surface area (Å²) in [6, 6.07) is 9.75. The number of amides is 2. The van der Waals surface area contributed by atoms with Crippen molar-refractivity contribution in [1.29, 1.82) is 0 Å². The highest BCUT2D eigenvalue weighted by Crippen LogP contribution is 2.27. The molecule has 0 saturated carbocycles. The van der Waals surface area contributed by atoms with E-state index in [2.05, 4.69) is 5.43 Å². The number of nitro benzene ring substituents is 1. The standard InChI is InChI=1S/C16H13ClN4O5S/c17-13-3-1-2-4-15(13)27(25,26)19-16(22)20-14(9-10-18-20)11-5-7-12(8-6-11)21(23)24/h1-10,14,18H,(H,19,22). The second kappa shape index (κ2) is 7.25. The van der Waals surface area contributed by atoms with Crippen molar-refractivity contribution in [1.82, 2.24) is 15.2 Å². The zero-order valence-corrected chi connectivity index (χ0v) is 15.1. The molecule has 0 fully saturated rings. The van der Waals surface area contributed by atoms with E-state index in [4.69, 9.17) is 11.6 Å². The number of nitrogens with one attached hydrogen (secondary N) is 2. The van der Waals surface area contributed by atoms with Crippen LogP contribution < -0.4 is 10.1 Å². The van der Waals surface area contributed by atoms with Crippen LogP contribution in [-0.2, 0) is 10.0 Å². The van der Waals surface area contributed by atoms with Crippen molar-refractivity contribution in [2.24, 2.45) is 0 Å². The average Bonchev–Trinajstić information content (AvgIpc) is 3.11. The third-order valence-electron chi connectivity index (χ3n) is 3.78. The minimum absolute atomic E-state index is 0.0165.